The van der Waals surface area contributed by atoms with Gasteiger partial charge in [-0.1, -0.05) is 12.1 Å². The van der Waals surface area contributed by atoms with E-state index in [1.54, 1.807) is 22.8 Å². The first-order valence-electron chi connectivity index (χ1n) is 12.0. The molecule has 1 aromatic carbocycles. The largest absolute Gasteiger partial charge is 0.456 e. The minimum Gasteiger partial charge on any atom is -0.338 e. The zero-order chi connectivity index (χ0) is 25.2. The molecule has 1 saturated carbocycles. The lowest BCUT2D eigenvalue weighted by molar-refractivity contribution is -0.0892. The number of halogens is 3. The van der Waals surface area contributed by atoms with Crippen LogP contribution in [0.2, 0.25) is 0 Å². The van der Waals surface area contributed by atoms with Gasteiger partial charge in [0, 0.05) is 37.4 Å². The Balaban J connectivity index is 1.31. The molecule has 0 bridgehead atoms. The highest BCUT2D eigenvalue weighted by atomic mass is 32.2. The quantitative estimate of drug-likeness (QED) is 0.616. The van der Waals surface area contributed by atoms with Gasteiger partial charge in [-0.05, 0) is 69.4 Å². The van der Waals surface area contributed by atoms with E-state index in [2.05, 4.69) is 10.2 Å². The fourth-order valence-electron chi connectivity index (χ4n) is 5.63. The summed E-state index contributed by atoms with van der Waals surface area (Å²) in [5, 5.41) is 3.44. The molecule has 3 heterocycles. The second kappa shape index (κ2) is 8.18. The van der Waals surface area contributed by atoms with Crippen molar-refractivity contribution in [1.82, 2.24) is 14.8 Å². The summed E-state index contributed by atoms with van der Waals surface area (Å²) in [7, 11) is -3.21. The number of likely N-dealkylation sites (tertiary alicyclic amines) is 1. The molecule has 1 aliphatic carbocycles. The summed E-state index contributed by atoms with van der Waals surface area (Å²) < 4.78 is 65.9. The molecule has 1 saturated heterocycles. The van der Waals surface area contributed by atoms with Gasteiger partial charge in [0.05, 0.1) is 21.4 Å². The number of hydrogen-bond acceptors (Lipinski definition) is 5. The summed E-state index contributed by atoms with van der Waals surface area (Å²) in [6, 6.07) is 10.1. The predicted molar refractivity (Wildman–Crippen MR) is 125 cm³/mol. The number of Topliss-reactive ketones (excluding diaryl/α,β-unsaturated/α-hetero) is 1. The molecule has 10 heteroatoms. The fourth-order valence-corrected chi connectivity index (χ4v) is 7.29. The van der Waals surface area contributed by atoms with E-state index in [-0.39, 0.29) is 17.5 Å². The molecule has 35 heavy (non-hydrogen) atoms. The zero-order valence-electron chi connectivity index (χ0n) is 19.9. The van der Waals surface area contributed by atoms with Gasteiger partial charge in [-0.15, -0.1) is 0 Å². The Hall–Kier alpha value is -2.17. The smallest absolute Gasteiger partial charge is 0.338 e. The Kier molecular flexibility index (Phi) is 5.73. The number of fused-ring (bicyclic) bond motifs is 2. The number of nitrogens with zero attached hydrogens (tertiary/aromatic N) is 2. The SMILES string of the molecule is CC1(C)Cn2c(C(=O)C(F)(F)F)ccc2C2(CCN(Cc3ccc(S(=O)(=O)C4CC4)cc3)CC2)N1. The van der Waals surface area contributed by atoms with Gasteiger partial charge in [0.2, 0.25) is 0 Å². The second-order valence-corrected chi connectivity index (χ2v) is 13.0. The van der Waals surface area contributed by atoms with Crippen LogP contribution in [-0.2, 0) is 28.5 Å². The Bertz CT molecular complexity index is 1240. The van der Waals surface area contributed by atoms with Gasteiger partial charge in [-0.2, -0.15) is 13.2 Å². The lowest BCUT2D eigenvalue weighted by atomic mass is 9.79. The molecule has 0 radical (unpaired) electrons. The van der Waals surface area contributed by atoms with Gasteiger partial charge in [-0.25, -0.2) is 8.42 Å². The van der Waals surface area contributed by atoms with Crippen LogP contribution in [0.5, 0.6) is 0 Å². The number of rotatable bonds is 5. The summed E-state index contributed by atoms with van der Waals surface area (Å²) in [5.41, 5.74) is 0.473. The van der Waals surface area contributed by atoms with E-state index in [1.165, 1.54) is 6.07 Å². The van der Waals surface area contributed by atoms with Crippen molar-refractivity contribution in [3.63, 3.8) is 0 Å². The first-order chi connectivity index (χ1) is 16.3. The van der Waals surface area contributed by atoms with Crippen molar-refractivity contribution in [2.24, 2.45) is 0 Å². The van der Waals surface area contributed by atoms with Crippen molar-refractivity contribution in [1.29, 1.82) is 0 Å². The molecule has 5 rings (SSSR count). The molecule has 6 nitrogen and oxygen atoms in total. The summed E-state index contributed by atoms with van der Waals surface area (Å²) in [6.07, 6.45) is -2.06. The van der Waals surface area contributed by atoms with Crippen LogP contribution in [0, 0.1) is 0 Å². The Morgan fingerprint density at radius 2 is 1.69 bits per heavy atom. The van der Waals surface area contributed by atoms with Crippen LogP contribution in [0.3, 0.4) is 0 Å². The highest BCUT2D eigenvalue weighted by Gasteiger charge is 2.48. The van der Waals surface area contributed by atoms with Crippen molar-refractivity contribution < 1.29 is 26.4 Å². The van der Waals surface area contributed by atoms with Crippen LogP contribution < -0.4 is 5.32 Å². The first-order valence-corrected chi connectivity index (χ1v) is 13.5. The van der Waals surface area contributed by atoms with Gasteiger partial charge in [-0.3, -0.25) is 15.0 Å². The highest BCUT2D eigenvalue weighted by Crippen LogP contribution is 2.41. The average molecular weight is 510 g/mol. The molecule has 3 aliphatic rings. The monoisotopic (exact) mass is 509 g/mol. The molecule has 1 aromatic heterocycles. The minimum absolute atomic E-state index is 0.232. The Morgan fingerprint density at radius 3 is 2.26 bits per heavy atom. The van der Waals surface area contributed by atoms with E-state index in [9.17, 15) is 26.4 Å². The van der Waals surface area contributed by atoms with Crippen molar-refractivity contribution in [2.45, 2.75) is 80.0 Å². The standard InChI is InChI=1S/C25H30F3N3O3S/c1-23(2)16-31-20(22(32)25(26,27)28)9-10-21(31)24(29-23)11-13-30(14-12-24)15-17-3-5-18(6-4-17)35(33,34)19-7-8-19/h3-6,9-10,19,29H,7-8,11-16H2,1-2H3. The number of carbonyl (C=O) groups is 1. The van der Waals surface area contributed by atoms with E-state index in [0.29, 0.717) is 24.3 Å². The number of nitrogens with one attached hydrogen (secondary N) is 1. The summed E-state index contributed by atoms with van der Waals surface area (Å²) in [5.74, 6) is -1.80. The number of piperidine rings is 1. The number of hydrogen-bond donors (Lipinski definition) is 1. The summed E-state index contributed by atoms with van der Waals surface area (Å²) in [6.45, 7) is 6.29. The molecule has 2 aliphatic heterocycles. The van der Waals surface area contributed by atoms with Crippen molar-refractivity contribution >= 4 is 15.6 Å². The van der Waals surface area contributed by atoms with Gasteiger partial charge >= 0.3 is 6.18 Å². The predicted octanol–water partition coefficient (Wildman–Crippen LogP) is 4.04. The molecule has 0 atom stereocenters. The van der Waals surface area contributed by atoms with Crippen molar-refractivity contribution in [2.75, 3.05) is 13.1 Å². The van der Waals surface area contributed by atoms with Crippen LogP contribution in [0.4, 0.5) is 13.2 Å². The molecule has 1 spiro atoms. The number of aromatic nitrogens is 1. The maximum absolute atomic E-state index is 13.2. The molecule has 0 amide bonds. The highest BCUT2D eigenvalue weighted by molar-refractivity contribution is 7.92. The van der Waals surface area contributed by atoms with Crippen LogP contribution in [-0.4, -0.2) is 53.7 Å². The van der Waals surface area contributed by atoms with Crippen molar-refractivity contribution in [3.05, 3.63) is 53.3 Å². The summed E-state index contributed by atoms with van der Waals surface area (Å²) in [4.78, 5) is 14.7. The van der Waals surface area contributed by atoms with Gasteiger partial charge in [0.1, 0.15) is 0 Å². The lowest BCUT2D eigenvalue weighted by Crippen LogP contribution is -2.63. The molecular formula is C25H30F3N3O3S. The Labute approximate surface area is 203 Å². The molecule has 190 valence electrons. The average Bonchev–Trinajstić information content (AvgIpc) is 3.56. The number of carbonyl (C=O) groups excluding carboxylic acids is 1. The maximum Gasteiger partial charge on any atom is 0.456 e. The number of alkyl halides is 3. The molecule has 0 unspecified atom stereocenters. The Morgan fingerprint density at radius 1 is 1.06 bits per heavy atom. The fraction of sp³-hybridized carbons (Fsp3) is 0.560. The van der Waals surface area contributed by atoms with E-state index < -0.39 is 32.9 Å². The zero-order valence-corrected chi connectivity index (χ0v) is 20.7. The third kappa shape index (κ3) is 4.56. The normalized spacial score (nSPS) is 22.2. The van der Waals surface area contributed by atoms with Crippen LogP contribution in [0.1, 0.15) is 61.3 Å². The molecule has 2 fully saturated rings. The lowest BCUT2D eigenvalue weighted by Gasteiger charge is -2.51. The third-order valence-corrected chi connectivity index (χ3v) is 9.70. The van der Waals surface area contributed by atoms with Crippen LogP contribution in [0.15, 0.2) is 41.3 Å². The third-order valence-electron chi connectivity index (χ3n) is 7.42. The second-order valence-electron chi connectivity index (χ2n) is 10.8. The molecular weight excluding hydrogens is 479 g/mol. The van der Waals surface area contributed by atoms with E-state index in [4.69, 9.17) is 0 Å². The van der Waals surface area contributed by atoms with Crippen molar-refractivity contribution in [3.8, 4) is 0 Å². The maximum atomic E-state index is 13.2. The van der Waals surface area contributed by atoms with Gasteiger partial charge < -0.3 is 4.57 Å². The van der Waals surface area contributed by atoms with E-state index >= 15 is 0 Å². The number of benzene rings is 1. The number of sulfone groups is 1. The van der Waals surface area contributed by atoms with E-state index in [1.807, 2.05) is 26.0 Å². The first kappa shape index (κ1) is 24.5. The van der Waals surface area contributed by atoms with Crippen LogP contribution in [0.25, 0.3) is 0 Å². The van der Waals surface area contributed by atoms with Crippen LogP contribution >= 0.6 is 0 Å². The van der Waals surface area contributed by atoms with Gasteiger partial charge in [0.25, 0.3) is 5.78 Å². The number of ketones is 1. The summed E-state index contributed by atoms with van der Waals surface area (Å²) >= 11 is 0. The molecule has 2 aromatic rings. The molecule has 1 N–H and O–H groups in total. The van der Waals surface area contributed by atoms with E-state index in [0.717, 1.165) is 37.2 Å². The van der Waals surface area contributed by atoms with Gasteiger partial charge in [0.15, 0.2) is 9.84 Å². The topological polar surface area (TPSA) is 71.4 Å². The minimum atomic E-state index is -4.91.